The molecule has 0 amide bonds. The summed E-state index contributed by atoms with van der Waals surface area (Å²) in [4.78, 5) is 0. The third-order valence-corrected chi connectivity index (χ3v) is 9.14. The lowest BCUT2D eigenvalue weighted by Crippen LogP contribution is -1.76. The molecule has 0 unspecified atom stereocenters. The standard InChI is InChI=1S/C12H10.2C11H10.C10H8.C9H8/c1-3-7-11(8-4-1)12-9-5-2-6-10-12;1-9-5-4-7-10-6-2-3-8-11(9)10;1-9-6-7-10-4-2-3-5-11(10)8-9;1-2-6-10-8-4-3-7-9(10)5-1;1-2-5-9-7-3-6-8(9)4-1/h1-10H;2*2-8H,1H3;1-8H;1-6H,7H2. The molecular weight excluding hydrogens is 637 g/mol. The zero-order chi connectivity index (χ0) is 36.5. The molecule has 0 saturated heterocycles. The first kappa shape index (κ1) is 36.3. The number of rotatable bonds is 1. The maximum Gasteiger partial charge on any atom is -0.00882 e. The highest BCUT2D eigenvalue weighted by Gasteiger charge is 2.00. The average Bonchev–Trinajstić information content (AvgIpc) is 3.72. The molecule has 0 heterocycles. The second-order valence-electron chi connectivity index (χ2n) is 13.0. The molecule has 0 nitrogen and oxygen atoms in total. The van der Waals surface area contributed by atoms with Crippen molar-refractivity contribution >= 4 is 38.4 Å². The molecule has 0 heteroatoms. The monoisotopic (exact) mass is 682 g/mol. The van der Waals surface area contributed by atoms with Crippen LogP contribution in [0.2, 0.25) is 0 Å². The van der Waals surface area contributed by atoms with Gasteiger partial charge in [-0.05, 0) is 80.4 Å². The first-order valence-corrected chi connectivity index (χ1v) is 18.3. The summed E-state index contributed by atoms with van der Waals surface area (Å²) in [7, 11) is 0. The van der Waals surface area contributed by atoms with Crippen LogP contribution in [0.15, 0.2) is 224 Å². The Bertz CT molecular complexity index is 2380. The Morgan fingerprint density at radius 1 is 0.340 bits per heavy atom. The summed E-state index contributed by atoms with van der Waals surface area (Å²) in [6, 6.07) is 75.7. The van der Waals surface area contributed by atoms with Gasteiger partial charge in [-0.1, -0.05) is 236 Å². The number of hydrogen-bond donors (Lipinski definition) is 0. The van der Waals surface area contributed by atoms with Gasteiger partial charge in [0.25, 0.3) is 0 Å². The zero-order valence-corrected chi connectivity index (χ0v) is 30.6. The van der Waals surface area contributed by atoms with E-state index in [4.69, 9.17) is 0 Å². The zero-order valence-electron chi connectivity index (χ0n) is 30.6. The van der Waals surface area contributed by atoms with Gasteiger partial charge in [0.2, 0.25) is 0 Å². The van der Waals surface area contributed by atoms with Crippen molar-refractivity contribution in [1.29, 1.82) is 0 Å². The molecule has 0 N–H and O–H groups in total. The molecule has 0 saturated carbocycles. The van der Waals surface area contributed by atoms with Crippen molar-refractivity contribution in [2.24, 2.45) is 0 Å². The molecule has 9 aromatic carbocycles. The van der Waals surface area contributed by atoms with E-state index in [2.05, 4.69) is 232 Å². The lowest BCUT2D eigenvalue weighted by Gasteiger charge is -1.98. The fourth-order valence-corrected chi connectivity index (χ4v) is 6.29. The number of fused-ring (bicyclic) bond motifs is 4. The molecule has 0 radical (unpaired) electrons. The third-order valence-electron chi connectivity index (χ3n) is 9.14. The van der Waals surface area contributed by atoms with E-state index in [-0.39, 0.29) is 0 Å². The van der Waals surface area contributed by atoms with E-state index in [1.807, 2.05) is 12.1 Å². The van der Waals surface area contributed by atoms with Crippen LogP contribution in [0.1, 0.15) is 22.3 Å². The first-order chi connectivity index (χ1) is 26.1. The second-order valence-corrected chi connectivity index (χ2v) is 13.0. The smallest absolute Gasteiger partial charge is 0.00882 e. The van der Waals surface area contributed by atoms with Gasteiger partial charge in [0.05, 0.1) is 0 Å². The number of allylic oxidation sites excluding steroid dienone is 1. The molecule has 0 atom stereocenters. The predicted octanol–water partition coefficient (Wildman–Crippen LogP) is 14.7. The van der Waals surface area contributed by atoms with Gasteiger partial charge < -0.3 is 0 Å². The Morgan fingerprint density at radius 2 is 0.792 bits per heavy atom. The van der Waals surface area contributed by atoms with Crippen molar-refractivity contribution in [3.8, 4) is 11.1 Å². The summed E-state index contributed by atoms with van der Waals surface area (Å²) in [6.07, 6.45) is 5.50. The van der Waals surface area contributed by atoms with Crippen molar-refractivity contribution < 1.29 is 0 Å². The summed E-state index contributed by atoms with van der Waals surface area (Å²) in [5, 5.41) is 7.95. The van der Waals surface area contributed by atoms with Crippen molar-refractivity contribution in [3.63, 3.8) is 0 Å². The lowest BCUT2D eigenvalue weighted by molar-refractivity contribution is 1.31. The maximum absolute atomic E-state index is 2.20. The topological polar surface area (TPSA) is 0 Å². The van der Waals surface area contributed by atoms with E-state index in [9.17, 15) is 0 Å². The van der Waals surface area contributed by atoms with Crippen LogP contribution in [-0.2, 0) is 6.42 Å². The molecule has 0 fully saturated rings. The van der Waals surface area contributed by atoms with Gasteiger partial charge >= 0.3 is 0 Å². The molecule has 1 aliphatic carbocycles. The molecule has 0 spiro atoms. The van der Waals surface area contributed by atoms with Crippen molar-refractivity contribution in [1.82, 2.24) is 0 Å². The van der Waals surface area contributed by atoms with Gasteiger partial charge in [0.15, 0.2) is 0 Å². The normalized spacial score (nSPS) is 10.7. The van der Waals surface area contributed by atoms with Gasteiger partial charge in [0.1, 0.15) is 0 Å². The fourth-order valence-electron chi connectivity index (χ4n) is 6.29. The highest BCUT2D eigenvalue weighted by molar-refractivity contribution is 5.85. The number of hydrogen-bond acceptors (Lipinski definition) is 0. The van der Waals surface area contributed by atoms with Crippen LogP contribution in [0, 0.1) is 13.8 Å². The van der Waals surface area contributed by atoms with E-state index in [1.165, 1.54) is 65.7 Å². The molecule has 258 valence electrons. The van der Waals surface area contributed by atoms with Crippen LogP contribution >= 0.6 is 0 Å². The minimum absolute atomic E-state index is 1.12. The first-order valence-electron chi connectivity index (χ1n) is 18.3. The van der Waals surface area contributed by atoms with Gasteiger partial charge in [-0.2, -0.15) is 0 Å². The maximum atomic E-state index is 2.20. The predicted molar refractivity (Wildman–Crippen MR) is 232 cm³/mol. The van der Waals surface area contributed by atoms with Gasteiger partial charge in [-0.15, -0.1) is 0 Å². The molecule has 0 bridgehead atoms. The summed E-state index contributed by atoms with van der Waals surface area (Å²) in [5.74, 6) is 0. The van der Waals surface area contributed by atoms with E-state index >= 15 is 0 Å². The van der Waals surface area contributed by atoms with Crippen LogP contribution in [0.5, 0.6) is 0 Å². The van der Waals surface area contributed by atoms with Crippen LogP contribution in [0.25, 0.3) is 49.5 Å². The Morgan fingerprint density at radius 3 is 1.36 bits per heavy atom. The van der Waals surface area contributed by atoms with Crippen LogP contribution in [-0.4, -0.2) is 0 Å². The van der Waals surface area contributed by atoms with Crippen molar-refractivity contribution in [2.45, 2.75) is 20.3 Å². The summed E-state index contributed by atoms with van der Waals surface area (Å²) >= 11 is 0. The van der Waals surface area contributed by atoms with E-state index in [1.54, 1.807) is 0 Å². The van der Waals surface area contributed by atoms with E-state index in [0.717, 1.165) is 6.42 Å². The van der Waals surface area contributed by atoms with Gasteiger partial charge in [-0.25, -0.2) is 0 Å². The average molecular weight is 683 g/mol. The molecule has 10 rings (SSSR count). The largest absolute Gasteiger partial charge is 0.0795 e. The third kappa shape index (κ3) is 10.7. The SMILES string of the molecule is C1=Cc2ccccc2C1.Cc1ccc2ccccc2c1.Cc1cccc2ccccc12.c1ccc(-c2ccccc2)cc1.c1ccc2ccccc2c1. The highest BCUT2D eigenvalue weighted by Crippen LogP contribution is 2.19. The summed E-state index contributed by atoms with van der Waals surface area (Å²) in [5.41, 5.74) is 8.07. The van der Waals surface area contributed by atoms with Crippen molar-refractivity contribution in [2.75, 3.05) is 0 Å². The second kappa shape index (κ2) is 19.2. The van der Waals surface area contributed by atoms with Crippen LogP contribution in [0.4, 0.5) is 0 Å². The fraction of sp³-hybridized carbons (Fsp3) is 0.0566. The van der Waals surface area contributed by atoms with E-state index in [0.29, 0.717) is 0 Å². The highest BCUT2D eigenvalue weighted by atomic mass is 14.1. The number of benzene rings is 9. The Hall–Kier alpha value is -6.50. The van der Waals surface area contributed by atoms with Crippen molar-refractivity contribution in [3.05, 3.63) is 247 Å². The molecular formula is C53H46. The molecule has 53 heavy (non-hydrogen) atoms. The Balaban J connectivity index is 0.000000114. The van der Waals surface area contributed by atoms with E-state index < -0.39 is 0 Å². The molecule has 0 aliphatic heterocycles. The minimum atomic E-state index is 1.12. The van der Waals surface area contributed by atoms with Crippen LogP contribution < -0.4 is 0 Å². The number of aryl methyl sites for hydroxylation is 2. The van der Waals surface area contributed by atoms with Crippen LogP contribution in [0.3, 0.4) is 0 Å². The molecule has 9 aromatic rings. The lowest BCUT2D eigenvalue weighted by atomic mass is 10.1. The quantitative estimate of drug-likeness (QED) is 0.162. The molecule has 0 aromatic heterocycles. The summed E-state index contributed by atoms with van der Waals surface area (Å²) in [6.45, 7) is 4.26. The Kier molecular flexibility index (Phi) is 13.2. The molecule has 1 aliphatic rings. The van der Waals surface area contributed by atoms with Gasteiger partial charge in [0, 0.05) is 0 Å². The Labute approximate surface area is 315 Å². The minimum Gasteiger partial charge on any atom is -0.0795 e. The van der Waals surface area contributed by atoms with Gasteiger partial charge in [-0.3, -0.25) is 0 Å². The summed E-state index contributed by atoms with van der Waals surface area (Å²) < 4.78 is 0.